The van der Waals surface area contributed by atoms with Crippen molar-refractivity contribution in [2.45, 2.75) is 25.8 Å². The molecule has 0 saturated heterocycles. The highest BCUT2D eigenvalue weighted by Crippen LogP contribution is 2.00. The van der Waals surface area contributed by atoms with Gasteiger partial charge in [-0.2, -0.15) is 0 Å². The Bertz CT molecular complexity index is 405. The number of ether oxygens (including phenoxy) is 1. The number of hydrogen-bond acceptors (Lipinski definition) is 4. The quantitative estimate of drug-likeness (QED) is 0.572. The fourth-order valence-electron chi connectivity index (χ4n) is 1.43. The fraction of sp³-hybridized carbons (Fsp3) is 0.429. The number of aliphatic hydroxyl groups is 1. The van der Waals surface area contributed by atoms with Gasteiger partial charge in [-0.25, -0.2) is 4.79 Å². The zero-order valence-corrected chi connectivity index (χ0v) is 11.0. The van der Waals surface area contributed by atoms with Crippen molar-refractivity contribution in [2.24, 2.45) is 0 Å². The third kappa shape index (κ3) is 5.09. The SMILES string of the molecule is CCCCOC(=O)[C@H](CO)NC(=O)c1ccccc1. The zero-order chi connectivity index (χ0) is 14.1. The summed E-state index contributed by atoms with van der Waals surface area (Å²) in [5.74, 6) is -1.02. The van der Waals surface area contributed by atoms with Gasteiger partial charge in [0.15, 0.2) is 6.04 Å². The van der Waals surface area contributed by atoms with Gasteiger partial charge in [-0.3, -0.25) is 4.79 Å². The summed E-state index contributed by atoms with van der Waals surface area (Å²) in [5.41, 5.74) is 0.433. The van der Waals surface area contributed by atoms with Crippen molar-refractivity contribution in [2.75, 3.05) is 13.2 Å². The summed E-state index contributed by atoms with van der Waals surface area (Å²) >= 11 is 0. The van der Waals surface area contributed by atoms with E-state index in [1.54, 1.807) is 30.3 Å². The Labute approximate surface area is 112 Å². The highest BCUT2D eigenvalue weighted by molar-refractivity contribution is 5.96. The molecule has 1 aromatic carbocycles. The van der Waals surface area contributed by atoms with Crippen molar-refractivity contribution in [3.63, 3.8) is 0 Å². The van der Waals surface area contributed by atoms with Crippen LogP contribution in [0.25, 0.3) is 0 Å². The van der Waals surface area contributed by atoms with E-state index in [0.717, 1.165) is 12.8 Å². The highest BCUT2D eigenvalue weighted by Gasteiger charge is 2.21. The molecule has 0 fully saturated rings. The Kier molecular flexibility index (Phi) is 6.60. The summed E-state index contributed by atoms with van der Waals surface area (Å²) < 4.78 is 4.96. The van der Waals surface area contributed by atoms with E-state index in [1.165, 1.54) is 0 Å². The predicted molar refractivity (Wildman–Crippen MR) is 70.6 cm³/mol. The van der Waals surface area contributed by atoms with E-state index in [1.807, 2.05) is 6.92 Å². The first kappa shape index (κ1) is 15.2. The van der Waals surface area contributed by atoms with E-state index < -0.39 is 24.5 Å². The van der Waals surface area contributed by atoms with Gasteiger partial charge < -0.3 is 15.2 Å². The molecule has 0 spiro atoms. The Morgan fingerprint density at radius 3 is 2.58 bits per heavy atom. The van der Waals surface area contributed by atoms with E-state index in [2.05, 4.69) is 5.32 Å². The highest BCUT2D eigenvalue weighted by atomic mass is 16.5. The lowest BCUT2D eigenvalue weighted by atomic mass is 10.2. The van der Waals surface area contributed by atoms with Crippen LogP contribution in [0.4, 0.5) is 0 Å². The lowest BCUT2D eigenvalue weighted by molar-refractivity contribution is -0.147. The Balaban J connectivity index is 2.52. The summed E-state index contributed by atoms with van der Waals surface area (Å²) in [4.78, 5) is 23.4. The Morgan fingerprint density at radius 1 is 1.32 bits per heavy atom. The second-order valence-corrected chi connectivity index (χ2v) is 4.10. The molecule has 104 valence electrons. The topological polar surface area (TPSA) is 75.6 Å². The average molecular weight is 265 g/mol. The molecule has 0 aliphatic rings. The number of nitrogens with one attached hydrogen (secondary N) is 1. The van der Waals surface area contributed by atoms with E-state index in [0.29, 0.717) is 12.2 Å². The molecule has 0 saturated carbocycles. The average Bonchev–Trinajstić information content (AvgIpc) is 2.45. The van der Waals surface area contributed by atoms with E-state index >= 15 is 0 Å². The van der Waals surface area contributed by atoms with Crippen LogP contribution in [0.2, 0.25) is 0 Å². The van der Waals surface area contributed by atoms with Gasteiger partial charge in [-0.1, -0.05) is 31.5 Å². The van der Waals surface area contributed by atoms with Crippen LogP contribution < -0.4 is 5.32 Å². The molecule has 1 amide bonds. The third-order valence-corrected chi connectivity index (χ3v) is 2.55. The second-order valence-electron chi connectivity index (χ2n) is 4.10. The first-order valence-electron chi connectivity index (χ1n) is 6.32. The number of benzene rings is 1. The molecule has 0 radical (unpaired) electrons. The van der Waals surface area contributed by atoms with Crippen LogP contribution in [0, 0.1) is 0 Å². The lowest BCUT2D eigenvalue weighted by Gasteiger charge is -2.15. The number of esters is 1. The molecule has 1 atom stereocenters. The van der Waals surface area contributed by atoms with Gasteiger partial charge in [0.05, 0.1) is 13.2 Å². The number of amides is 1. The van der Waals surface area contributed by atoms with E-state index in [9.17, 15) is 9.59 Å². The minimum Gasteiger partial charge on any atom is -0.464 e. The molecular formula is C14H19NO4. The van der Waals surface area contributed by atoms with Gasteiger partial charge in [0.25, 0.3) is 5.91 Å². The molecule has 1 rings (SSSR count). The van der Waals surface area contributed by atoms with Crippen molar-refractivity contribution in [3.05, 3.63) is 35.9 Å². The van der Waals surface area contributed by atoms with Gasteiger partial charge in [-0.15, -0.1) is 0 Å². The van der Waals surface area contributed by atoms with E-state index in [4.69, 9.17) is 9.84 Å². The first-order chi connectivity index (χ1) is 9.19. The molecule has 2 N–H and O–H groups in total. The first-order valence-corrected chi connectivity index (χ1v) is 6.32. The van der Waals surface area contributed by atoms with Crippen molar-refractivity contribution >= 4 is 11.9 Å². The number of hydrogen-bond donors (Lipinski definition) is 2. The number of carbonyl (C=O) groups excluding carboxylic acids is 2. The molecular weight excluding hydrogens is 246 g/mol. The van der Waals surface area contributed by atoms with Gasteiger partial charge in [0.2, 0.25) is 0 Å². The number of carbonyl (C=O) groups is 2. The number of unbranched alkanes of at least 4 members (excludes halogenated alkanes) is 1. The molecule has 5 heteroatoms. The maximum atomic E-state index is 11.8. The van der Waals surface area contributed by atoms with Crippen molar-refractivity contribution < 1.29 is 19.4 Å². The smallest absolute Gasteiger partial charge is 0.331 e. The largest absolute Gasteiger partial charge is 0.464 e. The van der Waals surface area contributed by atoms with Gasteiger partial charge in [0, 0.05) is 5.56 Å². The summed E-state index contributed by atoms with van der Waals surface area (Å²) in [5, 5.41) is 11.6. The van der Waals surface area contributed by atoms with Crippen LogP contribution in [0.3, 0.4) is 0 Å². The molecule has 5 nitrogen and oxygen atoms in total. The van der Waals surface area contributed by atoms with Crippen molar-refractivity contribution in [1.82, 2.24) is 5.32 Å². The van der Waals surface area contributed by atoms with Gasteiger partial charge in [-0.05, 0) is 18.6 Å². The molecule has 0 aliphatic heterocycles. The minimum absolute atomic E-state index is 0.299. The van der Waals surface area contributed by atoms with Crippen LogP contribution >= 0.6 is 0 Å². The fourth-order valence-corrected chi connectivity index (χ4v) is 1.43. The van der Waals surface area contributed by atoms with Crippen molar-refractivity contribution in [3.8, 4) is 0 Å². The van der Waals surface area contributed by atoms with Gasteiger partial charge in [0.1, 0.15) is 0 Å². The molecule has 0 aromatic heterocycles. The van der Waals surface area contributed by atoms with Crippen LogP contribution in [-0.2, 0) is 9.53 Å². The Morgan fingerprint density at radius 2 is 2.00 bits per heavy atom. The molecule has 19 heavy (non-hydrogen) atoms. The Hall–Kier alpha value is -1.88. The molecule has 0 unspecified atom stereocenters. The monoisotopic (exact) mass is 265 g/mol. The molecule has 0 aliphatic carbocycles. The second kappa shape index (κ2) is 8.26. The summed E-state index contributed by atoms with van der Waals surface area (Å²) in [6.45, 7) is 1.80. The summed E-state index contributed by atoms with van der Waals surface area (Å²) in [6, 6.07) is 7.48. The molecule has 1 aromatic rings. The van der Waals surface area contributed by atoms with E-state index in [-0.39, 0.29) is 0 Å². The van der Waals surface area contributed by atoms with Crippen LogP contribution in [0.5, 0.6) is 0 Å². The van der Waals surface area contributed by atoms with Crippen LogP contribution in [0.15, 0.2) is 30.3 Å². The molecule has 0 heterocycles. The maximum absolute atomic E-state index is 11.8. The van der Waals surface area contributed by atoms with Crippen LogP contribution in [0.1, 0.15) is 30.1 Å². The predicted octanol–water partition coefficient (Wildman–Crippen LogP) is 1.12. The standard InChI is InChI=1S/C14H19NO4/c1-2-3-9-19-14(18)12(10-16)15-13(17)11-7-5-4-6-8-11/h4-8,12,16H,2-3,9-10H2,1H3,(H,15,17)/t12-/m0/s1. The normalized spacial score (nSPS) is 11.7. The lowest BCUT2D eigenvalue weighted by Crippen LogP contribution is -2.44. The maximum Gasteiger partial charge on any atom is 0.331 e. The van der Waals surface area contributed by atoms with Gasteiger partial charge >= 0.3 is 5.97 Å². The van der Waals surface area contributed by atoms with Crippen molar-refractivity contribution in [1.29, 1.82) is 0 Å². The number of rotatable bonds is 7. The minimum atomic E-state index is -1.02. The third-order valence-electron chi connectivity index (χ3n) is 2.55. The molecule has 0 bridgehead atoms. The zero-order valence-electron chi connectivity index (χ0n) is 11.0. The van der Waals surface area contributed by atoms with Crippen LogP contribution in [-0.4, -0.2) is 36.2 Å². The summed E-state index contributed by atoms with van der Waals surface area (Å²) in [6.07, 6.45) is 1.67. The number of aliphatic hydroxyl groups excluding tert-OH is 1. The summed E-state index contributed by atoms with van der Waals surface area (Å²) in [7, 11) is 0.